The quantitative estimate of drug-likeness (QED) is 0.484. The van der Waals surface area contributed by atoms with Crippen LogP contribution in [0.25, 0.3) is 0 Å². The highest BCUT2D eigenvalue weighted by Crippen LogP contribution is 2.26. The highest BCUT2D eigenvalue weighted by molar-refractivity contribution is 7.18. The number of carboxylic acids is 1. The molecule has 3 rings (SSSR count). The molecule has 0 aliphatic rings. The van der Waals surface area contributed by atoms with Crippen LogP contribution in [0.2, 0.25) is 4.34 Å². The first kappa shape index (κ1) is 21.5. The van der Waals surface area contributed by atoms with E-state index in [1.54, 1.807) is 74.5 Å². The average Bonchev–Trinajstić information content (AvgIpc) is 3.15. The molecule has 8 heteroatoms. The van der Waals surface area contributed by atoms with Gasteiger partial charge in [-0.15, -0.1) is 11.3 Å². The summed E-state index contributed by atoms with van der Waals surface area (Å²) in [5.41, 5.74) is 0.783. The van der Waals surface area contributed by atoms with E-state index in [-0.39, 0.29) is 11.8 Å². The van der Waals surface area contributed by atoms with Gasteiger partial charge in [-0.25, -0.2) is 0 Å². The number of thiophene rings is 1. The van der Waals surface area contributed by atoms with Crippen molar-refractivity contribution in [3.8, 4) is 0 Å². The third-order valence-corrected chi connectivity index (χ3v) is 5.79. The van der Waals surface area contributed by atoms with E-state index in [2.05, 4.69) is 10.6 Å². The molecule has 154 valence electrons. The molecule has 2 aromatic carbocycles. The lowest BCUT2D eigenvalue weighted by atomic mass is 9.84. The number of hydrogen-bond acceptors (Lipinski definition) is 4. The Hall–Kier alpha value is -3.16. The lowest BCUT2D eigenvalue weighted by Gasteiger charge is -2.20. The molecule has 0 spiro atoms. The van der Waals surface area contributed by atoms with Crippen molar-refractivity contribution in [3.63, 3.8) is 0 Å². The van der Waals surface area contributed by atoms with E-state index < -0.39 is 11.4 Å². The molecule has 0 radical (unpaired) electrons. The van der Waals surface area contributed by atoms with Crippen molar-refractivity contribution < 1.29 is 19.5 Å². The number of halogens is 1. The molecule has 30 heavy (non-hydrogen) atoms. The van der Waals surface area contributed by atoms with Crippen LogP contribution in [-0.4, -0.2) is 22.9 Å². The molecule has 0 aliphatic carbocycles. The summed E-state index contributed by atoms with van der Waals surface area (Å²) in [5, 5.41) is 14.9. The Kier molecular flexibility index (Phi) is 6.24. The van der Waals surface area contributed by atoms with Gasteiger partial charge in [0.25, 0.3) is 11.8 Å². The van der Waals surface area contributed by atoms with Crippen molar-refractivity contribution in [2.75, 3.05) is 10.6 Å². The van der Waals surface area contributed by atoms with Gasteiger partial charge in [0.15, 0.2) is 0 Å². The molecule has 0 fully saturated rings. The van der Waals surface area contributed by atoms with Gasteiger partial charge in [0, 0.05) is 16.9 Å². The third kappa shape index (κ3) is 4.87. The van der Waals surface area contributed by atoms with Crippen LogP contribution >= 0.6 is 22.9 Å². The molecule has 0 saturated carbocycles. The highest BCUT2D eigenvalue weighted by Gasteiger charge is 2.29. The number of hydrogen-bond donors (Lipinski definition) is 3. The second kappa shape index (κ2) is 8.69. The van der Waals surface area contributed by atoms with Crippen LogP contribution in [0.3, 0.4) is 0 Å². The van der Waals surface area contributed by atoms with E-state index in [4.69, 9.17) is 11.6 Å². The number of carboxylic acid groups (broad SMARTS) is 1. The minimum absolute atomic E-state index is 0.312. The summed E-state index contributed by atoms with van der Waals surface area (Å²) >= 11 is 7.03. The summed E-state index contributed by atoms with van der Waals surface area (Å²) in [5.74, 6) is -1.65. The third-order valence-electron chi connectivity index (χ3n) is 4.56. The van der Waals surface area contributed by atoms with Gasteiger partial charge in [-0.1, -0.05) is 29.8 Å². The van der Waals surface area contributed by atoms with Crippen LogP contribution < -0.4 is 10.6 Å². The highest BCUT2D eigenvalue weighted by atomic mass is 35.5. The molecular formula is C22H19ClN2O4S. The molecule has 2 amide bonds. The van der Waals surface area contributed by atoms with E-state index in [0.29, 0.717) is 31.7 Å². The largest absolute Gasteiger partial charge is 0.481 e. The molecule has 0 bridgehead atoms. The van der Waals surface area contributed by atoms with Crippen molar-refractivity contribution in [2.45, 2.75) is 19.3 Å². The molecule has 6 nitrogen and oxygen atoms in total. The molecule has 0 aliphatic heterocycles. The van der Waals surface area contributed by atoms with E-state index in [9.17, 15) is 19.5 Å². The van der Waals surface area contributed by atoms with E-state index >= 15 is 0 Å². The molecule has 0 saturated heterocycles. The van der Waals surface area contributed by atoms with Gasteiger partial charge in [0.2, 0.25) is 0 Å². The Labute approximate surface area is 182 Å². The average molecular weight is 443 g/mol. The van der Waals surface area contributed by atoms with Crippen molar-refractivity contribution in [2.24, 2.45) is 0 Å². The summed E-state index contributed by atoms with van der Waals surface area (Å²) in [4.78, 5) is 36.9. The number of benzene rings is 2. The van der Waals surface area contributed by atoms with Crippen LogP contribution in [0.5, 0.6) is 0 Å². The summed E-state index contributed by atoms with van der Waals surface area (Å²) in [6, 6.07) is 16.5. The minimum Gasteiger partial charge on any atom is -0.481 e. The first-order valence-electron chi connectivity index (χ1n) is 8.99. The summed E-state index contributed by atoms with van der Waals surface area (Å²) in [6.07, 6.45) is 0. The van der Waals surface area contributed by atoms with Gasteiger partial charge in [-0.3, -0.25) is 14.4 Å². The van der Waals surface area contributed by atoms with Gasteiger partial charge in [-0.05, 0) is 61.9 Å². The zero-order valence-electron chi connectivity index (χ0n) is 16.2. The van der Waals surface area contributed by atoms with Gasteiger partial charge < -0.3 is 15.7 Å². The molecule has 3 N–H and O–H groups in total. The van der Waals surface area contributed by atoms with E-state index in [1.807, 2.05) is 0 Å². The predicted octanol–water partition coefficient (Wildman–Crippen LogP) is 5.27. The van der Waals surface area contributed by atoms with Crippen LogP contribution in [0.15, 0.2) is 60.7 Å². The molecular weight excluding hydrogens is 424 g/mol. The maximum Gasteiger partial charge on any atom is 0.313 e. The first-order chi connectivity index (χ1) is 14.2. The van der Waals surface area contributed by atoms with E-state index in [0.717, 1.165) is 11.3 Å². The lowest BCUT2D eigenvalue weighted by Crippen LogP contribution is -2.28. The van der Waals surface area contributed by atoms with Crippen molar-refractivity contribution in [3.05, 3.63) is 81.0 Å². The Morgan fingerprint density at radius 2 is 1.53 bits per heavy atom. The number of rotatable bonds is 6. The number of nitrogens with one attached hydrogen (secondary N) is 2. The topological polar surface area (TPSA) is 95.5 Å². The van der Waals surface area contributed by atoms with Crippen LogP contribution in [-0.2, 0) is 10.2 Å². The molecule has 0 atom stereocenters. The van der Waals surface area contributed by atoms with Crippen LogP contribution in [0.4, 0.5) is 11.4 Å². The SMILES string of the molecule is CC(C)(C(=O)O)c1cccc(NC(=O)c2cccc(NC(=O)c3ccc(Cl)s3)c2)c1. The smallest absolute Gasteiger partial charge is 0.313 e. The first-order valence-corrected chi connectivity index (χ1v) is 10.2. The summed E-state index contributed by atoms with van der Waals surface area (Å²) in [6.45, 7) is 3.20. The van der Waals surface area contributed by atoms with Crippen molar-refractivity contribution in [1.29, 1.82) is 0 Å². The van der Waals surface area contributed by atoms with Gasteiger partial charge in [0.1, 0.15) is 0 Å². The number of carbonyl (C=O) groups excluding carboxylic acids is 2. The number of carbonyl (C=O) groups is 3. The fraction of sp³-hybridized carbons (Fsp3) is 0.136. The fourth-order valence-corrected chi connectivity index (χ4v) is 3.62. The van der Waals surface area contributed by atoms with Crippen LogP contribution in [0, 0.1) is 0 Å². The Bertz CT molecular complexity index is 1120. The summed E-state index contributed by atoms with van der Waals surface area (Å²) < 4.78 is 0.515. The Morgan fingerprint density at radius 3 is 2.17 bits per heavy atom. The number of amides is 2. The summed E-state index contributed by atoms with van der Waals surface area (Å²) in [7, 11) is 0. The van der Waals surface area contributed by atoms with Crippen molar-refractivity contribution in [1.82, 2.24) is 0 Å². The van der Waals surface area contributed by atoms with E-state index in [1.165, 1.54) is 0 Å². The second-order valence-electron chi connectivity index (χ2n) is 7.10. The predicted molar refractivity (Wildman–Crippen MR) is 119 cm³/mol. The number of aliphatic carboxylic acids is 1. The fourth-order valence-electron chi connectivity index (χ4n) is 2.68. The Balaban J connectivity index is 1.74. The van der Waals surface area contributed by atoms with Crippen LogP contribution in [0.1, 0.15) is 39.4 Å². The maximum absolute atomic E-state index is 12.7. The zero-order chi connectivity index (χ0) is 21.9. The Morgan fingerprint density at radius 1 is 0.900 bits per heavy atom. The lowest BCUT2D eigenvalue weighted by molar-refractivity contribution is -0.142. The molecule has 1 heterocycles. The molecule has 3 aromatic rings. The monoisotopic (exact) mass is 442 g/mol. The van der Waals surface area contributed by atoms with Crippen molar-refractivity contribution >= 4 is 52.1 Å². The standard InChI is InChI=1S/C22H19ClN2O4S/c1-22(2,21(28)29)14-6-4-8-16(12-14)24-19(26)13-5-3-7-15(11-13)25-20(27)17-9-10-18(23)30-17/h3-12H,1-2H3,(H,24,26)(H,25,27)(H,28,29). The molecule has 0 unspecified atom stereocenters. The second-order valence-corrected chi connectivity index (χ2v) is 8.82. The minimum atomic E-state index is -1.09. The number of anilines is 2. The van der Waals surface area contributed by atoms with Gasteiger partial charge in [0.05, 0.1) is 14.6 Å². The van der Waals surface area contributed by atoms with Gasteiger partial charge in [-0.2, -0.15) is 0 Å². The molecule has 1 aromatic heterocycles. The maximum atomic E-state index is 12.7. The zero-order valence-corrected chi connectivity index (χ0v) is 17.8. The normalized spacial score (nSPS) is 11.0. The van der Waals surface area contributed by atoms with Gasteiger partial charge >= 0.3 is 5.97 Å².